The smallest absolute Gasteiger partial charge is 0.407 e. The fourth-order valence-electron chi connectivity index (χ4n) is 3.63. The summed E-state index contributed by atoms with van der Waals surface area (Å²) in [5.41, 5.74) is 1.77. The van der Waals surface area contributed by atoms with Crippen LogP contribution < -0.4 is 29.0 Å². The van der Waals surface area contributed by atoms with Gasteiger partial charge in [0.05, 0.1) is 21.3 Å². The summed E-state index contributed by atoms with van der Waals surface area (Å²) in [4.78, 5) is 23.8. The number of carbonyl (C=O) groups excluding carboxylic acids is 1. The number of carboxylic acids is 1. The molecule has 2 N–H and O–H groups in total. The summed E-state index contributed by atoms with van der Waals surface area (Å²) < 4.78 is 32.2. The molecule has 0 spiro atoms. The van der Waals surface area contributed by atoms with E-state index in [9.17, 15) is 14.7 Å². The number of carbonyl (C=O) groups is 2. The minimum absolute atomic E-state index is 0.0449. The number of alkyl carbamates (subject to hydrolysis) is 1. The van der Waals surface area contributed by atoms with Gasteiger partial charge in [-0.1, -0.05) is 30.9 Å². The van der Waals surface area contributed by atoms with E-state index in [1.165, 1.54) is 27.4 Å². The van der Waals surface area contributed by atoms with Crippen molar-refractivity contribution in [2.45, 2.75) is 6.42 Å². The lowest BCUT2D eigenvalue weighted by Crippen LogP contribution is -2.26. The second-order valence-electron chi connectivity index (χ2n) is 7.18. The largest absolute Gasteiger partial charge is 0.493 e. The molecule has 2 aromatic carbocycles. The van der Waals surface area contributed by atoms with E-state index in [4.69, 9.17) is 28.4 Å². The Morgan fingerprint density at radius 3 is 2.54 bits per heavy atom. The molecule has 3 rings (SSSR count). The van der Waals surface area contributed by atoms with Crippen LogP contribution in [0.2, 0.25) is 0 Å². The monoisotopic (exact) mass is 485 g/mol. The fourth-order valence-corrected chi connectivity index (χ4v) is 3.63. The highest BCUT2D eigenvalue weighted by Gasteiger charge is 2.25. The molecular formula is C25H27NO9. The molecule has 0 radical (unpaired) electrons. The number of ether oxygens (including phenoxy) is 6. The van der Waals surface area contributed by atoms with Gasteiger partial charge in [0.1, 0.15) is 12.2 Å². The van der Waals surface area contributed by atoms with Crippen LogP contribution in [0.1, 0.15) is 27.0 Å². The van der Waals surface area contributed by atoms with Gasteiger partial charge in [-0.25, -0.2) is 9.59 Å². The molecule has 0 aliphatic carbocycles. The van der Waals surface area contributed by atoms with Crippen molar-refractivity contribution in [3.05, 3.63) is 53.1 Å². The van der Waals surface area contributed by atoms with Crippen LogP contribution in [-0.4, -0.2) is 58.4 Å². The zero-order valence-corrected chi connectivity index (χ0v) is 19.7. The third-order valence-corrected chi connectivity index (χ3v) is 5.16. The van der Waals surface area contributed by atoms with Crippen LogP contribution in [0.3, 0.4) is 0 Å². The molecule has 10 heteroatoms. The van der Waals surface area contributed by atoms with Crippen LogP contribution in [0.5, 0.6) is 28.7 Å². The van der Waals surface area contributed by atoms with Crippen LogP contribution in [0, 0.1) is 0 Å². The Bertz CT molecular complexity index is 1140. The molecule has 0 fully saturated rings. The first-order valence-electron chi connectivity index (χ1n) is 10.6. The maximum Gasteiger partial charge on any atom is 0.407 e. The predicted molar refractivity (Wildman–Crippen MR) is 128 cm³/mol. The quantitative estimate of drug-likeness (QED) is 0.362. The Hall–Kier alpha value is -4.34. The molecule has 35 heavy (non-hydrogen) atoms. The van der Waals surface area contributed by atoms with Crippen LogP contribution in [-0.2, 0) is 11.2 Å². The van der Waals surface area contributed by atoms with E-state index in [0.717, 1.165) is 5.56 Å². The molecule has 186 valence electrons. The average molecular weight is 485 g/mol. The van der Waals surface area contributed by atoms with Crippen molar-refractivity contribution in [3.63, 3.8) is 0 Å². The normalized spacial score (nSPS) is 11.7. The summed E-state index contributed by atoms with van der Waals surface area (Å²) in [6, 6.07) is 5.05. The molecule has 0 unspecified atom stereocenters. The van der Waals surface area contributed by atoms with E-state index >= 15 is 0 Å². The third-order valence-electron chi connectivity index (χ3n) is 5.16. The standard InChI is InChI=1S/C25H27NO9/c1-5-12-33-25(29)26-11-10-16-13-19-23(35-14-34-19)21(31-3)17(16)8-6-15-7-9-18(30-2)22(32-4)20(15)24(27)28/h5-9,13H,1,10-12,14H2,2-4H3,(H,26,29)(H,27,28)/b8-6+. The van der Waals surface area contributed by atoms with Gasteiger partial charge < -0.3 is 38.8 Å². The molecule has 0 atom stereocenters. The highest BCUT2D eigenvalue weighted by atomic mass is 16.7. The Morgan fingerprint density at radius 1 is 1.11 bits per heavy atom. The molecule has 1 aliphatic rings. The average Bonchev–Trinajstić information content (AvgIpc) is 3.33. The van der Waals surface area contributed by atoms with Crippen molar-refractivity contribution in [3.8, 4) is 28.7 Å². The number of carboxylic acid groups (broad SMARTS) is 1. The van der Waals surface area contributed by atoms with E-state index in [1.54, 1.807) is 30.4 Å². The number of hydrogen-bond donors (Lipinski definition) is 2. The molecule has 1 heterocycles. The van der Waals surface area contributed by atoms with Crippen molar-refractivity contribution >= 4 is 24.2 Å². The number of nitrogens with one attached hydrogen (secondary N) is 1. The van der Waals surface area contributed by atoms with E-state index in [1.807, 2.05) is 0 Å². The van der Waals surface area contributed by atoms with Gasteiger partial charge in [-0.15, -0.1) is 0 Å². The summed E-state index contributed by atoms with van der Waals surface area (Å²) >= 11 is 0. The molecule has 1 aliphatic heterocycles. The number of methoxy groups -OCH3 is 3. The minimum Gasteiger partial charge on any atom is -0.493 e. The number of rotatable bonds is 11. The first-order chi connectivity index (χ1) is 16.9. The Balaban J connectivity index is 2.00. The zero-order chi connectivity index (χ0) is 25.4. The molecular weight excluding hydrogens is 458 g/mol. The predicted octanol–water partition coefficient (Wildman–Crippen LogP) is 3.76. The van der Waals surface area contributed by atoms with Crippen molar-refractivity contribution < 1.29 is 43.1 Å². The number of aromatic carboxylic acids is 1. The summed E-state index contributed by atoms with van der Waals surface area (Å²) in [6.07, 6.45) is 4.69. The van der Waals surface area contributed by atoms with Crippen LogP contribution >= 0.6 is 0 Å². The van der Waals surface area contributed by atoms with Gasteiger partial charge in [-0.3, -0.25) is 0 Å². The van der Waals surface area contributed by atoms with E-state index in [-0.39, 0.29) is 31.3 Å². The maximum absolute atomic E-state index is 12.0. The van der Waals surface area contributed by atoms with Crippen LogP contribution in [0.15, 0.2) is 30.9 Å². The van der Waals surface area contributed by atoms with Gasteiger partial charge >= 0.3 is 12.1 Å². The number of amides is 1. The molecule has 0 saturated carbocycles. The highest BCUT2D eigenvalue weighted by molar-refractivity contribution is 5.98. The van der Waals surface area contributed by atoms with Crippen molar-refractivity contribution in [1.29, 1.82) is 0 Å². The van der Waals surface area contributed by atoms with E-state index < -0.39 is 12.1 Å². The number of hydrogen-bond acceptors (Lipinski definition) is 8. The van der Waals surface area contributed by atoms with Gasteiger partial charge in [0.2, 0.25) is 12.5 Å². The third kappa shape index (κ3) is 5.60. The van der Waals surface area contributed by atoms with Gasteiger partial charge in [-0.2, -0.15) is 0 Å². The molecule has 0 saturated heterocycles. The molecule has 0 bridgehead atoms. The first kappa shape index (κ1) is 25.3. The topological polar surface area (TPSA) is 122 Å². The molecule has 10 nitrogen and oxygen atoms in total. The summed E-state index contributed by atoms with van der Waals surface area (Å²) in [5.74, 6) is 0.638. The van der Waals surface area contributed by atoms with Crippen molar-refractivity contribution in [2.24, 2.45) is 0 Å². The fraction of sp³-hybridized carbons (Fsp3) is 0.280. The Kier molecular flexibility index (Phi) is 8.44. The molecule has 2 aromatic rings. The Morgan fingerprint density at radius 2 is 1.89 bits per heavy atom. The summed E-state index contributed by atoms with van der Waals surface area (Å²) in [6.45, 7) is 3.93. The SMILES string of the molecule is C=CCOC(=O)NCCc1cc2c(c(OC)c1/C=C/c1ccc(OC)c(OC)c1C(=O)O)OCO2. The first-order valence-corrected chi connectivity index (χ1v) is 10.6. The second kappa shape index (κ2) is 11.7. The number of fused-ring (bicyclic) bond motifs is 1. The Labute approximate surface area is 202 Å². The zero-order valence-electron chi connectivity index (χ0n) is 19.7. The van der Waals surface area contributed by atoms with Crippen molar-refractivity contribution in [2.75, 3.05) is 41.3 Å². The summed E-state index contributed by atoms with van der Waals surface area (Å²) in [7, 11) is 4.32. The van der Waals surface area contributed by atoms with Crippen LogP contribution in [0.4, 0.5) is 4.79 Å². The lowest BCUT2D eigenvalue weighted by Gasteiger charge is -2.15. The molecule has 1 amide bonds. The second-order valence-corrected chi connectivity index (χ2v) is 7.18. The number of benzene rings is 2. The highest BCUT2D eigenvalue weighted by Crippen LogP contribution is 2.46. The summed E-state index contributed by atoms with van der Waals surface area (Å²) in [5, 5.41) is 12.5. The minimum atomic E-state index is -1.17. The molecule has 0 aromatic heterocycles. The maximum atomic E-state index is 12.0. The van der Waals surface area contributed by atoms with E-state index in [2.05, 4.69) is 11.9 Å². The lowest BCUT2D eigenvalue weighted by atomic mass is 9.99. The lowest BCUT2D eigenvalue weighted by molar-refractivity contribution is 0.0692. The van der Waals surface area contributed by atoms with E-state index in [0.29, 0.717) is 40.5 Å². The van der Waals surface area contributed by atoms with Gasteiger partial charge in [-0.05, 0) is 29.7 Å². The van der Waals surface area contributed by atoms with Gasteiger partial charge in [0, 0.05) is 12.1 Å². The van der Waals surface area contributed by atoms with Gasteiger partial charge in [0.25, 0.3) is 0 Å². The van der Waals surface area contributed by atoms with Crippen molar-refractivity contribution in [1.82, 2.24) is 5.32 Å². The van der Waals surface area contributed by atoms with Crippen LogP contribution in [0.25, 0.3) is 12.2 Å². The van der Waals surface area contributed by atoms with Gasteiger partial charge in [0.15, 0.2) is 23.0 Å².